The maximum Gasteiger partial charge on any atom is 0.335 e. The van der Waals surface area contributed by atoms with Gasteiger partial charge in [0.15, 0.2) is 5.78 Å². The number of ketones is 1. The molecular formula is C27H30O4. The second-order valence-electron chi connectivity index (χ2n) is 9.29. The summed E-state index contributed by atoms with van der Waals surface area (Å²) in [5.41, 5.74) is 1.91. The van der Waals surface area contributed by atoms with Crippen LogP contribution in [0.1, 0.15) is 54.6 Å². The zero-order valence-electron chi connectivity index (χ0n) is 18.2. The molecule has 2 aliphatic rings. The van der Waals surface area contributed by atoms with E-state index in [9.17, 15) is 9.59 Å². The number of aromatic carboxylic acids is 1. The fraction of sp³-hybridized carbons (Fsp3) is 0.407. The predicted octanol–water partition coefficient (Wildman–Crippen LogP) is 5.21. The van der Waals surface area contributed by atoms with Crippen LogP contribution in [-0.2, 0) is 21.4 Å². The summed E-state index contributed by atoms with van der Waals surface area (Å²) in [6.45, 7) is 3.95. The Morgan fingerprint density at radius 1 is 1.03 bits per heavy atom. The first-order valence-electron chi connectivity index (χ1n) is 11.1. The number of carbonyl (C=O) groups is 2. The van der Waals surface area contributed by atoms with Crippen LogP contribution < -0.4 is 0 Å². The lowest BCUT2D eigenvalue weighted by Gasteiger charge is -2.26. The summed E-state index contributed by atoms with van der Waals surface area (Å²) >= 11 is 0. The summed E-state index contributed by atoms with van der Waals surface area (Å²) in [6, 6.07) is 17.0. The van der Waals surface area contributed by atoms with Crippen LogP contribution in [0, 0.1) is 11.8 Å². The normalized spacial score (nSPS) is 25.2. The molecule has 0 amide bonds. The number of carboxylic acids is 1. The van der Waals surface area contributed by atoms with Gasteiger partial charge in [0.25, 0.3) is 0 Å². The fourth-order valence-corrected chi connectivity index (χ4v) is 5.01. The van der Waals surface area contributed by atoms with Crippen molar-refractivity contribution in [3.8, 4) is 0 Å². The molecule has 0 saturated carbocycles. The molecule has 0 aliphatic carbocycles. The van der Waals surface area contributed by atoms with Crippen LogP contribution >= 0.6 is 0 Å². The lowest BCUT2D eigenvalue weighted by atomic mass is 9.75. The standard InChI is InChI=1S/C27H30O4/c1-27(2,20-6-4-3-5-7-20)25(28)17-14-22-21(23-15-16-24(22)31-23)13-10-18-8-11-19(12-9-18)26(29)30/h3-9,11-12,14,17,21-24H,10,13,15-16H2,1-2H3,(H,29,30)/t21-,22+,23-,24+/m1/s1. The zero-order valence-corrected chi connectivity index (χ0v) is 18.2. The Kier molecular flexibility index (Phi) is 6.10. The molecular weight excluding hydrogens is 388 g/mol. The molecule has 0 unspecified atom stereocenters. The van der Waals surface area contributed by atoms with E-state index in [1.54, 1.807) is 18.2 Å². The Hall–Kier alpha value is -2.72. The Morgan fingerprint density at radius 2 is 1.71 bits per heavy atom. The van der Waals surface area contributed by atoms with Gasteiger partial charge in [0, 0.05) is 5.92 Å². The van der Waals surface area contributed by atoms with Crippen molar-refractivity contribution in [2.24, 2.45) is 11.8 Å². The van der Waals surface area contributed by atoms with Gasteiger partial charge in [-0.3, -0.25) is 4.79 Å². The molecule has 31 heavy (non-hydrogen) atoms. The molecule has 162 valence electrons. The third kappa shape index (κ3) is 4.49. The maximum atomic E-state index is 13.0. The number of carboxylic acid groups (broad SMARTS) is 1. The second-order valence-corrected chi connectivity index (χ2v) is 9.29. The van der Waals surface area contributed by atoms with Crippen molar-refractivity contribution in [1.29, 1.82) is 0 Å². The molecule has 2 aliphatic heterocycles. The van der Waals surface area contributed by atoms with Crippen molar-refractivity contribution in [3.63, 3.8) is 0 Å². The number of fused-ring (bicyclic) bond motifs is 2. The van der Waals surface area contributed by atoms with Crippen LogP contribution in [0.25, 0.3) is 0 Å². The number of hydrogen-bond acceptors (Lipinski definition) is 3. The van der Waals surface area contributed by atoms with Gasteiger partial charge in [-0.05, 0) is 74.8 Å². The largest absolute Gasteiger partial charge is 0.478 e. The van der Waals surface area contributed by atoms with Gasteiger partial charge in [-0.2, -0.15) is 0 Å². The van der Waals surface area contributed by atoms with Crippen molar-refractivity contribution in [2.45, 2.75) is 57.2 Å². The third-order valence-corrected chi connectivity index (χ3v) is 7.04. The van der Waals surface area contributed by atoms with E-state index in [0.717, 1.165) is 36.8 Å². The van der Waals surface area contributed by atoms with E-state index < -0.39 is 11.4 Å². The van der Waals surface area contributed by atoms with Gasteiger partial charge in [0.2, 0.25) is 0 Å². The molecule has 4 rings (SSSR count). The van der Waals surface area contributed by atoms with Crippen molar-refractivity contribution < 1.29 is 19.4 Å². The van der Waals surface area contributed by atoms with Gasteiger partial charge in [0.05, 0.1) is 23.2 Å². The molecule has 0 aromatic heterocycles. The number of allylic oxidation sites excluding steroid dienone is 1. The molecule has 4 heteroatoms. The number of ether oxygens (including phenoxy) is 1. The molecule has 0 radical (unpaired) electrons. The number of carbonyl (C=O) groups excluding carboxylic acids is 1. The first kappa shape index (κ1) is 21.5. The van der Waals surface area contributed by atoms with Crippen LogP contribution in [-0.4, -0.2) is 29.1 Å². The molecule has 2 saturated heterocycles. The molecule has 1 N–H and O–H groups in total. The Balaban J connectivity index is 1.43. The molecule has 0 spiro atoms. The number of rotatable bonds is 8. The number of aryl methyl sites for hydroxylation is 1. The highest BCUT2D eigenvalue weighted by Gasteiger charge is 2.47. The van der Waals surface area contributed by atoms with Gasteiger partial charge in [-0.1, -0.05) is 48.5 Å². The van der Waals surface area contributed by atoms with Crippen molar-refractivity contribution in [3.05, 3.63) is 83.4 Å². The summed E-state index contributed by atoms with van der Waals surface area (Å²) < 4.78 is 6.20. The van der Waals surface area contributed by atoms with E-state index in [2.05, 4.69) is 6.08 Å². The van der Waals surface area contributed by atoms with Crippen molar-refractivity contribution in [2.75, 3.05) is 0 Å². The smallest absolute Gasteiger partial charge is 0.335 e. The van der Waals surface area contributed by atoms with E-state index >= 15 is 0 Å². The van der Waals surface area contributed by atoms with Crippen LogP contribution in [0.4, 0.5) is 0 Å². The monoisotopic (exact) mass is 418 g/mol. The molecule has 2 heterocycles. The molecule has 2 aromatic rings. The first-order chi connectivity index (χ1) is 14.9. The lowest BCUT2D eigenvalue weighted by molar-refractivity contribution is -0.118. The molecule has 2 bridgehead atoms. The molecule has 2 aromatic carbocycles. The molecule has 4 atom stereocenters. The lowest BCUT2D eigenvalue weighted by Crippen LogP contribution is -2.29. The van der Waals surface area contributed by atoms with Crippen LogP contribution in [0.2, 0.25) is 0 Å². The zero-order chi connectivity index (χ0) is 22.0. The summed E-state index contributed by atoms with van der Waals surface area (Å²) in [7, 11) is 0. The van der Waals surface area contributed by atoms with Gasteiger partial charge >= 0.3 is 5.97 Å². The van der Waals surface area contributed by atoms with Crippen LogP contribution in [0.3, 0.4) is 0 Å². The van der Waals surface area contributed by atoms with Crippen LogP contribution in [0.5, 0.6) is 0 Å². The number of hydrogen-bond donors (Lipinski definition) is 1. The highest BCUT2D eigenvalue weighted by Crippen LogP contribution is 2.46. The minimum Gasteiger partial charge on any atom is -0.478 e. The summed E-state index contributed by atoms with van der Waals surface area (Å²) in [5, 5.41) is 9.07. The molecule has 2 fully saturated rings. The Labute approximate surface area is 183 Å². The van der Waals surface area contributed by atoms with Crippen molar-refractivity contribution >= 4 is 11.8 Å². The van der Waals surface area contributed by atoms with Crippen molar-refractivity contribution in [1.82, 2.24) is 0 Å². The van der Waals surface area contributed by atoms with Gasteiger partial charge in [0.1, 0.15) is 0 Å². The van der Waals surface area contributed by atoms with E-state index in [1.807, 2.05) is 56.3 Å². The fourth-order valence-electron chi connectivity index (χ4n) is 5.01. The number of benzene rings is 2. The highest BCUT2D eigenvalue weighted by molar-refractivity contribution is 5.98. The van der Waals surface area contributed by atoms with E-state index in [1.165, 1.54) is 0 Å². The third-order valence-electron chi connectivity index (χ3n) is 7.04. The summed E-state index contributed by atoms with van der Waals surface area (Å²) in [6.07, 6.45) is 8.32. The summed E-state index contributed by atoms with van der Waals surface area (Å²) in [4.78, 5) is 24.1. The van der Waals surface area contributed by atoms with E-state index in [4.69, 9.17) is 9.84 Å². The van der Waals surface area contributed by atoms with Gasteiger partial charge in [-0.25, -0.2) is 4.79 Å². The highest BCUT2D eigenvalue weighted by atomic mass is 16.5. The van der Waals surface area contributed by atoms with Gasteiger partial charge in [-0.15, -0.1) is 0 Å². The van der Waals surface area contributed by atoms with E-state index in [0.29, 0.717) is 11.5 Å². The summed E-state index contributed by atoms with van der Waals surface area (Å²) in [5.74, 6) is -0.139. The van der Waals surface area contributed by atoms with Gasteiger partial charge < -0.3 is 9.84 Å². The topological polar surface area (TPSA) is 63.6 Å². The predicted molar refractivity (Wildman–Crippen MR) is 120 cm³/mol. The van der Waals surface area contributed by atoms with E-state index in [-0.39, 0.29) is 23.9 Å². The minimum atomic E-state index is -0.902. The Morgan fingerprint density at radius 3 is 2.39 bits per heavy atom. The second kappa shape index (κ2) is 8.80. The quantitative estimate of drug-likeness (QED) is 0.598. The van der Waals surface area contributed by atoms with Crippen LogP contribution in [0.15, 0.2) is 66.7 Å². The maximum absolute atomic E-state index is 13.0. The Bertz CT molecular complexity index is 958. The first-order valence-corrected chi connectivity index (χ1v) is 11.1. The average molecular weight is 419 g/mol. The molecule has 4 nitrogen and oxygen atoms in total. The average Bonchev–Trinajstić information content (AvgIpc) is 3.38. The SMILES string of the molecule is CC(C)(C(=O)C=C[C@H]1[C@@H](CCc2ccc(C(=O)O)cc2)[C@H]2CC[C@@H]1O2)c1ccccc1. The minimum absolute atomic E-state index is 0.115.